The third-order valence-corrected chi connectivity index (χ3v) is 3.40. The molecule has 0 radical (unpaired) electrons. The van der Waals surface area contributed by atoms with Gasteiger partial charge in [0.05, 0.1) is 12.6 Å². The Morgan fingerprint density at radius 3 is 2.94 bits per heavy atom. The van der Waals surface area contributed by atoms with Gasteiger partial charge in [-0.2, -0.15) is 0 Å². The fourth-order valence-corrected chi connectivity index (χ4v) is 2.39. The summed E-state index contributed by atoms with van der Waals surface area (Å²) in [6.45, 7) is 6.04. The third-order valence-electron chi connectivity index (χ3n) is 3.17. The summed E-state index contributed by atoms with van der Waals surface area (Å²) in [5.41, 5.74) is 2.45. The molecule has 18 heavy (non-hydrogen) atoms. The Balaban J connectivity index is 2.29. The zero-order valence-corrected chi connectivity index (χ0v) is 11.8. The molecule has 0 amide bonds. The van der Waals surface area contributed by atoms with Gasteiger partial charge in [-0.05, 0) is 49.2 Å². The second kappa shape index (κ2) is 6.26. The van der Waals surface area contributed by atoms with E-state index < -0.39 is 0 Å². The van der Waals surface area contributed by atoms with Gasteiger partial charge in [0.15, 0.2) is 0 Å². The molecule has 1 unspecified atom stereocenters. The van der Waals surface area contributed by atoms with E-state index in [0.717, 1.165) is 36.8 Å². The maximum atomic E-state index is 6.11. The second-order valence-electron chi connectivity index (χ2n) is 4.63. The number of hydrogen-bond donors (Lipinski definition) is 1. The lowest BCUT2D eigenvalue weighted by Crippen LogP contribution is -2.25. The van der Waals surface area contributed by atoms with Gasteiger partial charge in [0.25, 0.3) is 0 Å². The smallest absolute Gasteiger partial charge is 0.114 e. The molecule has 0 spiro atoms. The van der Waals surface area contributed by atoms with E-state index in [9.17, 15) is 0 Å². The highest BCUT2D eigenvalue weighted by atomic mass is 35.5. The van der Waals surface area contributed by atoms with Crippen LogP contribution >= 0.6 is 11.6 Å². The van der Waals surface area contributed by atoms with Crippen LogP contribution in [0.5, 0.6) is 0 Å². The first kappa shape index (κ1) is 13.4. The highest BCUT2D eigenvalue weighted by Crippen LogP contribution is 2.30. The lowest BCUT2D eigenvalue weighted by molar-refractivity contribution is 0.215. The van der Waals surface area contributed by atoms with Crippen LogP contribution in [0.2, 0.25) is 5.02 Å². The molecule has 1 aliphatic rings. The molecule has 2 nitrogen and oxygen atoms in total. The van der Waals surface area contributed by atoms with Crippen LogP contribution in [0, 0.1) is 6.92 Å². The second-order valence-corrected chi connectivity index (χ2v) is 5.07. The number of halogens is 1. The normalized spacial score (nSPS) is 16.3. The summed E-state index contributed by atoms with van der Waals surface area (Å²) in [5, 5.41) is 4.32. The summed E-state index contributed by atoms with van der Waals surface area (Å²) in [6, 6.07) is 6.16. The van der Waals surface area contributed by atoms with E-state index in [1.165, 1.54) is 11.1 Å². The molecule has 1 heterocycles. The number of benzene rings is 1. The molecule has 1 aromatic rings. The van der Waals surface area contributed by atoms with E-state index in [1.54, 1.807) is 0 Å². The monoisotopic (exact) mass is 265 g/mol. The molecule has 1 atom stereocenters. The maximum absolute atomic E-state index is 6.11. The van der Waals surface area contributed by atoms with Gasteiger partial charge < -0.3 is 10.1 Å². The van der Waals surface area contributed by atoms with Crippen molar-refractivity contribution in [3.05, 3.63) is 46.2 Å². The minimum Gasteiger partial charge on any atom is -0.496 e. The van der Waals surface area contributed by atoms with Gasteiger partial charge in [0.2, 0.25) is 0 Å². The Bertz CT molecular complexity index is 442. The summed E-state index contributed by atoms with van der Waals surface area (Å²) < 4.78 is 5.72. The molecule has 0 bridgehead atoms. The van der Waals surface area contributed by atoms with Crippen LogP contribution in [-0.2, 0) is 4.74 Å². The van der Waals surface area contributed by atoms with Crippen molar-refractivity contribution < 1.29 is 4.74 Å². The lowest BCUT2D eigenvalue weighted by Gasteiger charge is -2.22. The molecule has 98 valence electrons. The van der Waals surface area contributed by atoms with Gasteiger partial charge in [0.1, 0.15) is 5.76 Å². The van der Waals surface area contributed by atoms with Gasteiger partial charge in [-0.3, -0.25) is 0 Å². The average molecular weight is 266 g/mol. The van der Waals surface area contributed by atoms with E-state index in [1.807, 2.05) is 12.1 Å². The molecule has 0 aliphatic carbocycles. The molecule has 0 fully saturated rings. The summed E-state index contributed by atoms with van der Waals surface area (Å²) >= 11 is 6.11. The van der Waals surface area contributed by atoms with E-state index in [0.29, 0.717) is 0 Å². The summed E-state index contributed by atoms with van der Waals surface area (Å²) in [6.07, 6.45) is 4.27. The van der Waals surface area contributed by atoms with Crippen molar-refractivity contribution in [3.8, 4) is 0 Å². The Morgan fingerprint density at radius 2 is 2.28 bits per heavy atom. The predicted molar refractivity (Wildman–Crippen MR) is 75.9 cm³/mol. The van der Waals surface area contributed by atoms with Gasteiger partial charge in [-0.1, -0.05) is 24.6 Å². The summed E-state index contributed by atoms with van der Waals surface area (Å²) in [5.74, 6) is 1.04. The van der Waals surface area contributed by atoms with Crippen LogP contribution in [0.3, 0.4) is 0 Å². The Labute approximate surface area is 114 Å². The van der Waals surface area contributed by atoms with Crippen LogP contribution in [0.25, 0.3) is 0 Å². The molecule has 1 N–H and O–H groups in total. The fourth-order valence-electron chi connectivity index (χ4n) is 2.21. The first-order valence-corrected chi connectivity index (χ1v) is 6.92. The number of hydrogen-bond acceptors (Lipinski definition) is 2. The van der Waals surface area contributed by atoms with E-state index >= 15 is 0 Å². The molecule has 0 aromatic heterocycles. The average Bonchev–Trinajstić information content (AvgIpc) is 2.88. The van der Waals surface area contributed by atoms with Crippen molar-refractivity contribution in [1.82, 2.24) is 5.32 Å². The highest BCUT2D eigenvalue weighted by molar-refractivity contribution is 6.30. The van der Waals surface area contributed by atoms with Gasteiger partial charge >= 0.3 is 0 Å². The number of aryl methyl sites for hydroxylation is 1. The van der Waals surface area contributed by atoms with E-state index in [2.05, 4.69) is 31.3 Å². The Kier molecular flexibility index (Phi) is 4.67. The molecule has 1 aliphatic heterocycles. The minimum absolute atomic E-state index is 0.131. The van der Waals surface area contributed by atoms with Gasteiger partial charge in [-0.15, -0.1) is 0 Å². The molecular weight excluding hydrogens is 246 g/mol. The lowest BCUT2D eigenvalue weighted by atomic mass is 9.99. The van der Waals surface area contributed by atoms with Crippen molar-refractivity contribution in [2.75, 3.05) is 13.2 Å². The first-order valence-electron chi connectivity index (χ1n) is 6.54. The zero-order valence-electron chi connectivity index (χ0n) is 11.0. The van der Waals surface area contributed by atoms with Crippen molar-refractivity contribution in [2.45, 2.75) is 32.7 Å². The summed E-state index contributed by atoms with van der Waals surface area (Å²) in [7, 11) is 0. The SMILES string of the molecule is CCCNC(C1=CCCO1)c1cc(Cl)ccc1C. The van der Waals surface area contributed by atoms with Crippen molar-refractivity contribution >= 4 is 11.6 Å². The van der Waals surface area contributed by atoms with Crippen molar-refractivity contribution in [3.63, 3.8) is 0 Å². The van der Waals surface area contributed by atoms with Crippen LogP contribution < -0.4 is 5.32 Å². The highest BCUT2D eigenvalue weighted by Gasteiger charge is 2.21. The van der Waals surface area contributed by atoms with Gasteiger partial charge in [-0.25, -0.2) is 0 Å². The standard InChI is InChI=1S/C15H20ClNO/c1-3-8-17-15(14-5-4-9-18-14)13-10-12(16)7-6-11(13)2/h5-7,10,15,17H,3-4,8-9H2,1-2H3. The fraction of sp³-hybridized carbons (Fsp3) is 0.467. The largest absolute Gasteiger partial charge is 0.496 e. The first-order chi connectivity index (χ1) is 8.72. The minimum atomic E-state index is 0.131. The molecule has 0 saturated carbocycles. The van der Waals surface area contributed by atoms with E-state index in [-0.39, 0.29) is 6.04 Å². The number of ether oxygens (including phenoxy) is 1. The van der Waals surface area contributed by atoms with Crippen LogP contribution in [0.15, 0.2) is 30.0 Å². The van der Waals surface area contributed by atoms with Crippen molar-refractivity contribution in [2.24, 2.45) is 0 Å². The predicted octanol–water partition coefficient (Wildman–Crippen LogP) is 3.99. The summed E-state index contributed by atoms with van der Waals surface area (Å²) in [4.78, 5) is 0. The molecule has 3 heteroatoms. The Hall–Kier alpha value is -0.990. The molecule has 2 rings (SSSR count). The Morgan fingerprint density at radius 1 is 1.44 bits per heavy atom. The van der Waals surface area contributed by atoms with Crippen LogP contribution in [0.1, 0.15) is 36.9 Å². The zero-order chi connectivity index (χ0) is 13.0. The molecule has 1 aromatic carbocycles. The van der Waals surface area contributed by atoms with Crippen LogP contribution in [0.4, 0.5) is 0 Å². The third kappa shape index (κ3) is 3.06. The van der Waals surface area contributed by atoms with Gasteiger partial charge in [0, 0.05) is 11.4 Å². The number of rotatable bonds is 5. The number of nitrogens with one attached hydrogen (secondary N) is 1. The quantitative estimate of drug-likeness (QED) is 0.869. The van der Waals surface area contributed by atoms with Crippen LogP contribution in [-0.4, -0.2) is 13.2 Å². The maximum Gasteiger partial charge on any atom is 0.114 e. The topological polar surface area (TPSA) is 21.3 Å². The van der Waals surface area contributed by atoms with Crippen molar-refractivity contribution in [1.29, 1.82) is 0 Å². The van der Waals surface area contributed by atoms with E-state index in [4.69, 9.17) is 16.3 Å². The molecular formula is C15H20ClNO. The molecule has 0 saturated heterocycles.